The summed E-state index contributed by atoms with van der Waals surface area (Å²) < 4.78 is 1.89. The number of benzene rings is 2. The molecule has 0 saturated carbocycles. The number of nitrogens with one attached hydrogen (secondary N) is 1. The summed E-state index contributed by atoms with van der Waals surface area (Å²) in [7, 11) is 1.90. The molecule has 0 aliphatic rings. The quantitative estimate of drug-likeness (QED) is 0.519. The Morgan fingerprint density at radius 2 is 1.79 bits per heavy atom. The van der Waals surface area contributed by atoms with Crippen LogP contribution in [-0.2, 0) is 11.8 Å². The van der Waals surface area contributed by atoms with Gasteiger partial charge in [-0.05, 0) is 30.5 Å². The minimum atomic E-state index is -0.327. The van der Waals surface area contributed by atoms with Gasteiger partial charge in [0.2, 0.25) is 5.91 Å². The molecule has 4 aromatic rings. The summed E-state index contributed by atoms with van der Waals surface area (Å²) in [5.41, 5.74) is 1.75. The van der Waals surface area contributed by atoms with Crippen LogP contribution in [0.15, 0.2) is 72.1 Å². The number of rotatable bonds is 5. The van der Waals surface area contributed by atoms with E-state index in [0.717, 1.165) is 27.8 Å². The lowest BCUT2D eigenvalue weighted by Gasteiger charge is -2.13. The minimum absolute atomic E-state index is 0.0742. The molecule has 1 N–H and O–H groups in total. The third-order valence-corrected chi connectivity index (χ3v) is 5.61. The summed E-state index contributed by atoms with van der Waals surface area (Å²) in [5.74, 6) is 0.668. The number of hydrogen-bond acceptors (Lipinski definition) is 5. The maximum atomic E-state index is 12.8. The maximum Gasteiger partial charge on any atom is 0.237 e. The predicted octanol–water partition coefficient (Wildman–Crippen LogP) is 4.15. The van der Waals surface area contributed by atoms with Crippen LogP contribution in [0.25, 0.3) is 22.2 Å². The number of carbonyl (C=O) groups is 1. The smallest absolute Gasteiger partial charge is 0.237 e. The molecule has 4 rings (SSSR count). The highest BCUT2D eigenvalue weighted by molar-refractivity contribution is 8.00. The van der Waals surface area contributed by atoms with Gasteiger partial charge in [-0.25, -0.2) is 0 Å². The molecule has 0 radical (unpaired) electrons. The van der Waals surface area contributed by atoms with Crippen molar-refractivity contribution in [1.82, 2.24) is 19.7 Å². The number of nitrogens with zero attached hydrogens (tertiary/aromatic N) is 4. The number of amides is 1. The fraction of sp³-hybridized carbons (Fsp3) is 0.143. The van der Waals surface area contributed by atoms with Gasteiger partial charge >= 0.3 is 0 Å². The lowest BCUT2D eigenvalue weighted by Crippen LogP contribution is -2.23. The molecule has 0 unspecified atom stereocenters. The second-order valence-electron chi connectivity index (χ2n) is 6.38. The van der Waals surface area contributed by atoms with Crippen molar-refractivity contribution in [2.24, 2.45) is 7.05 Å². The van der Waals surface area contributed by atoms with Crippen molar-refractivity contribution in [2.75, 3.05) is 5.32 Å². The molecule has 140 valence electrons. The van der Waals surface area contributed by atoms with Crippen molar-refractivity contribution in [2.45, 2.75) is 17.3 Å². The third kappa shape index (κ3) is 3.61. The van der Waals surface area contributed by atoms with Gasteiger partial charge in [-0.2, -0.15) is 0 Å². The first kappa shape index (κ1) is 18.2. The van der Waals surface area contributed by atoms with Crippen LogP contribution in [0.2, 0.25) is 0 Å². The van der Waals surface area contributed by atoms with Crippen LogP contribution in [0.1, 0.15) is 6.92 Å². The van der Waals surface area contributed by atoms with Crippen LogP contribution >= 0.6 is 11.8 Å². The molecule has 28 heavy (non-hydrogen) atoms. The zero-order chi connectivity index (χ0) is 19.5. The minimum Gasteiger partial charge on any atom is -0.325 e. The summed E-state index contributed by atoms with van der Waals surface area (Å²) in [6.45, 7) is 1.87. The number of anilines is 1. The summed E-state index contributed by atoms with van der Waals surface area (Å²) in [4.78, 5) is 16.8. The number of fused-ring (bicyclic) bond motifs is 1. The predicted molar refractivity (Wildman–Crippen MR) is 112 cm³/mol. The van der Waals surface area contributed by atoms with Crippen molar-refractivity contribution >= 4 is 34.1 Å². The lowest BCUT2D eigenvalue weighted by molar-refractivity contribution is -0.115. The molecule has 0 fully saturated rings. The lowest BCUT2D eigenvalue weighted by atomic mass is 10.1. The van der Waals surface area contributed by atoms with Gasteiger partial charge in [0.15, 0.2) is 11.0 Å². The number of pyridine rings is 1. The summed E-state index contributed by atoms with van der Waals surface area (Å²) in [6.07, 6.45) is 3.44. The zero-order valence-corrected chi connectivity index (χ0v) is 16.4. The van der Waals surface area contributed by atoms with Gasteiger partial charge in [0.05, 0.1) is 5.25 Å². The summed E-state index contributed by atoms with van der Waals surface area (Å²) in [5, 5.41) is 14.0. The van der Waals surface area contributed by atoms with Gasteiger partial charge in [-0.1, -0.05) is 48.2 Å². The molecular weight excluding hydrogens is 370 g/mol. The maximum absolute atomic E-state index is 12.8. The molecule has 2 heterocycles. The van der Waals surface area contributed by atoms with Crippen LogP contribution in [0.5, 0.6) is 0 Å². The van der Waals surface area contributed by atoms with Gasteiger partial charge in [0, 0.05) is 36.1 Å². The van der Waals surface area contributed by atoms with Gasteiger partial charge in [0.1, 0.15) is 0 Å². The van der Waals surface area contributed by atoms with E-state index in [1.807, 2.05) is 73.1 Å². The molecular formula is C21H19N5OS. The molecule has 0 spiro atoms. The largest absolute Gasteiger partial charge is 0.325 e. The van der Waals surface area contributed by atoms with Gasteiger partial charge < -0.3 is 9.88 Å². The fourth-order valence-corrected chi connectivity index (χ4v) is 3.77. The Hall–Kier alpha value is -3.19. The molecule has 0 aliphatic carbocycles. The Morgan fingerprint density at radius 3 is 2.61 bits per heavy atom. The summed E-state index contributed by atoms with van der Waals surface area (Å²) in [6, 6.07) is 17.7. The van der Waals surface area contributed by atoms with E-state index in [2.05, 4.69) is 20.5 Å². The first-order valence-electron chi connectivity index (χ1n) is 8.88. The Bertz CT molecular complexity index is 1120. The van der Waals surface area contributed by atoms with E-state index in [1.165, 1.54) is 11.8 Å². The van der Waals surface area contributed by atoms with Gasteiger partial charge in [-0.15, -0.1) is 10.2 Å². The first-order valence-corrected chi connectivity index (χ1v) is 9.76. The number of hydrogen-bond donors (Lipinski definition) is 1. The SMILES string of the molecule is C[C@@H](Sc1nnc(-c2ccncc2)n1C)C(=O)Nc1cccc2ccccc12. The van der Waals surface area contributed by atoms with E-state index in [0.29, 0.717) is 5.16 Å². The van der Waals surface area contributed by atoms with Crippen LogP contribution < -0.4 is 5.32 Å². The summed E-state index contributed by atoms with van der Waals surface area (Å²) >= 11 is 1.38. The Balaban J connectivity index is 1.50. The standard InChI is InChI=1S/C21H19N5OS/c1-14(20(27)23-18-9-5-7-15-6-3-4-8-17(15)18)28-21-25-24-19(26(21)2)16-10-12-22-13-11-16/h3-14H,1-2H3,(H,23,27)/t14-/m1/s1. The van der Waals surface area contributed by atoms with Gasteiger partial charge in [-0.3, -0.25) is 9.78 Å². The normalized spacial score (nSPS) is 12.1. The van der Waals surface area contributed by atoms with Gasteiger partial charge in [0.25, 0.3) is 0 Å². The van der Waals surface area contributed by atoms with Crippen molar-refractivity contribution in [1.29, 1.82) is 0 Å². The Kier molecular flexibility index (Phi) is 5.08. The molecule has 0 saturated heterocycles. The van der Waals surface area contributed by atoms with Crippen LogP contribution in [0, 0.1) is 0 Å². The highest BCUT2D eigenvalue weighted by atomic mass is 32.2. The van der Waals surface area contributed by atoms with E-state index in [9.17, 15) is 4.79 Å². The average Bonchev–Trinajstić information content (AvgIpc) is 3.09. The van der Waals surface area contributed by atoms with E-state index in [4.69, 9.17) is 0 Å². The van der Waals surface area contributed by atoms with E-state index in [1.54, 1.807) is 12.4 Å². The molecule has 1 amide bonds. The second-order valence-corrected chi connectivity index (χ2v) is 7.69. The zero-order valence-electron chi connectivity index (χ0n) is 15.5. The molecule has 2 aromatic carbocycles. The molecule has 1 atom stereocenters. The van der Waals surface area contributed by atoms with E-state index >= 15 is 0 Å². The van der Waals surface area contributed by atoms with Crippen molar-refractivity contribution in [3.63, 3.8) is 0 Å². The topological polar surface area (TPSA) is 72.7 Å². The highest BCUT2D eigenvalue weighted by Gasteiger charge is 2.20. The molecule has 7 heteroatoms. The van der Waals surface area contributed by atoms with E-state index in [-0.39, 0.29) is 11.2 Å². The molecule has 0 bridgehead atoms. The monoisotopic (exact) mass is 389 g/mol. The molecule has 2 aromatic heterocycles. The first-order chi connectivity index (χ1) is 13.6. The van der Waals surface area contributed by atoms with Crippen LogP contribution in [0.4, 0.5) is 5.69 Å². The van der Waals surface area contributed by atoms with Crippen molar-refractivity contribution in [3.05, 3.63) is 67.0 Å². The van der Waals surface area contributed by atoms with E-state index < -0.39 is 0 Å². The third-order valence-electron chi connectivity index (χ3n) is 4.47. The number of carbonyl (C=O) groups excluding carboxylic acids is 1. The van der Waals surface area contributed by atoms with Crippen molar-refractivity contribution < 1.29 is 4.79 Å². The van der Waals surface area contributed by atoms with Crippen LogP contribution in [-0.4, -0.2) is 30.9 Å². The fourth-order valence-electron chi connectivity index (χ4n) is 2.95. The second kappa shape index (κ2) is 7.82. The Labute approximate surface area is 167 Å². The Morgan fingerprint density at radius 1 is 1.04 bits per heavy atom. The highest BCUT2D eigenvalue weighted by Crippen LogP contribution is 2.27. The van der Waals surface area contributed by atoms with Crippen LogP contribution in [0.3, 0.4) is 0 Å². The van der Waals surface area contributed by atoms with Crippen molar-refractivity contribution in [3.8, 4) is 11.4 Å². The number of aromatic nitrogens is 4. The molecule has 6 nitrogen and oxygen atoms in total. The average molecular weight is 389 g/mol. The number of thioether (sulfide) groups is 1. The molecule has 0 aliphatic heterocycles.